The molecule has 0 aromatic rings. The lowest BCUT2D eigenvalue weighted by Crippen LogP contribution is -2.34. The van der Waals surface area contributed by atoms with Crippen LogP contribution in [0.2, 0.25) is 0 Å². The van der Waals surface area contributed by atoms with E-state index in [1.54, 1.807) is 11.0 Å². The fraction of sp³-hybridized carbons (Fsp3) is 0.429. The van der Waals surface area contributed by atoms with Gasteiger partial charge in [-0.25, -0.2) is 0 Å². The molecule has 0 bridgehead atoms. The second kappa shape index (κ2) is 3.46. The molecule has 0 fully saturated rings. The summed E-state index contributed by atoms with van der Waals surface area (Å²) in [5.41, 5.74) is 11.7. The lowest BCUT2D eigenvalue weighted by atomic mass is 10.2. The first-order chi connectivity index (χ1) is 5.57. The van der Waals surface area contributed by atoms with Gasteiger partial charge in [-0.2, -0.15) is 0 Å². The monoisotopic (exact) mass is 207 g/mol. The van der Waals surface area contributed by atoms with E-state index in [0.717, 1.165) is 0 Å². The highest BCUT2D eigenvalue weighted by Crippen LogP contribution is 2.25. The highest BCUT2D eigenvalue weighted by atomic mass is 35.5. The van der Waals surface area contributed by atoms with Crippen LogP contribution in [0, 0.1) is 0 Å². The lowest BCUT2D eigenvalue weighted by Gasteiger charge is -2.30. The fourth-order valence-corrected chi connectivity index (χ4v) is 1.78. The SMILES string of the molecule is CCN1C(Cl)=C(N)C(N)=CC1Cl. The van der Waals surface area contributed by atoms with Crippen LogP contribution in [0.1, 0.15) is 6.92 Å². The number of rotatable bonds is 1. The molecular weight excluding hydrogens is 197 g/mol. The summed E-state index contributed by atoms with van der Waals surface area (Å²) in [7, 11) is 0. The van der Waals surface area contributed by atoms with E-state index in [2.05, 4.69) is 0 Å². The van der Waals surface area contributed by atoms with Gasteiger partial charge in [0.05, 0.1) is 11.4 Å². The first kappa shape index (κ1) is 9.55. The summed E-state index contributed by atoms with van der Waals surface area (Å²) in [5, 5.41) is 0.428. The summed E-state index contributed by atoms with van der Waals surface area (Å²) in [6.07, 6.45) is 1.67. The Kier molecular flexibility index (Phi) is 2.75. The maximum absolute atomic E-state index is 5.93. The van der Waals surface area contributed by atoms with Crippen molar-refractivity contribution < 1.29 is 0 Å². The normalized spacial score (nSPS) is 24.4. The van der Waals surface area contributed by atoms with Crippen LogP contribution in [0.5, 0.6) is 0 Å². The molecule has 0 saturated carbocycles. The number of hydrogen-bond donors (Lipinski definition) is 2. The molecule has 1 rings (SSSR count). The Balaban J connectivity index is 2.99. The van der Waals surface area contributed by atoms with Crippen molar-refractivity contribution in [2.24, 2.45) is 11.5 Å². The molecule has 4 N–H and O–H groups in total. The van der Waals surface area contributed by atoms with Crippen molar-refractivity contribution in [3.8, 4) is 0 Å². The molecule has 0 radical (unpaired) electrons. The van der Waals surface area contributed by atoms with E-state index in [1.165, 1.54) is 0 Å². The average Bonchev–Trinajstić information content (AvgIpc) is 2.01. The maximum atomic E-state index is 5.93. The van der Waals surface area contributed by atoms with Crippen LogP contribution in [-0.4, -0.2) is 16.9 Å². The molecule has 0 aromatic heterocycles. The molecule has 12 heavy (non-hydrogen) atoms. The van der Waals surface area contributed by atoms with Crippen molar-refractivity contribution in [3.63, 3.8) is 0 Å². The number of halogens is 2. The quantitative estimate of drug-likeness (QED) is 0.501. The van der Waals surface area contributed by atoms with Gasteiger partial charge in [-0.15, -0.1) is 0 Å². The third kappa shape index (κ3) is 1.47. The summed E-state index contributed by atoms with van der Waals surface area (Å²) < 4.78 is 0. The molecule has 0 spiro atoms. The molecule has 0 aliphatic carbocycles. The molecule has 1 heterocycles. The van der Waals surface area contributed by atoms with Gasteiger partial charge in [0.1, 0.15) is 10.7 Å². The van der Waals surface area contributed by atoms with Crippen LogP contribution in [0.3, 0.4) is 0 Å². The molecule has 1 unspecified atom stereocenters. The van der Waals surface area contributed by atoms with Gasteiger partial charge in [0.25, 0.3) is 0 Å². The zero-order valence-electron chi connectivity index (χ0n) is 6.72. The molecule has 1 aliphatic heterocycles. The van der Waals surface area contributed by atoms with Crippen LogP contribution < -0.4 is 11.5 Å². The van der Waals surface area contributed by atoms with Crippen LogP contribution >= 0.6 is 23.2 Å². The zero-order chi connectivity index (χ0) is 9.30. The number of nitrogens with two attached hydrogens (primary N) is 2. The van der Waals surface area contributed by atoms with E-state index in [4.69, 9.17) is 34.7 Å². The minimum atomic E-state index is -0.296. The Labute approximate surface area is 81.6 Å². The predicted molar refractivity (Wildman–Crippen MR) is 51.4 cm³/mol. The van der Waals surface area contributed by atoms with Crippen LogP contribution in [0.4, 0.5) is 0 Å². The second-order valence-corrected chi connectivity index (χ2v) is 3.29. The van der Waals surface area contributed by atoms with Gasteiger partial charge in [-0.1, -0.05) is 23.2 Å². The molecule has 1 atom stereocenters. The van der Waals surface area contributed by atoms with Crippen molar-refractivity contribution in [1.82, 2.24) is 4.90 Å². The smallest absolute Gasteiger partial charge is 0.131 e. The molecule has 5 heteroatoms. The number of hydrogen-bond acceptors (Lipinski definition) is 3. The molecule has 0 aromatic carbocycles. The second-order valence-electron chi connectivity index (χ2n) is 2.49. The van der Waals surface area contributed by atoms with E-state index in [0.29, 0.717) is 23.1 Å². The maximum Gasteiger partial charge on any atom is 0.131 e. The summed E-state index contributed by atoms with van der Waals surface area (Å²) in [6.45, 7) is 2.65. The average molecular weight is 208 g/mol. The highest BCUT2D eigenvalue weighted by Gasteiger charge is 2.22. The van der Waals surface area contributed by atoms with Crippen molar-refractivity contribution in [3.05, 3.63) is 22.6 Å². The summed E-state index contributed by atoms with van der Waals surface area (Å²) in [6, 6.07) is 0. The van der Waals surface area contributed by atoms with Gasteiger partial charge in [0, 0.05) is 6.54 Å². The highest BCUT2D eigenvalue weighted by molar-refractivity contribution is 6.31. The fourth-order valence-electron chi connectivity index (χ4n) is 1.02. The van der Waals surface area contributed by atoms with E-state index < -0.39 is 0 Å². The summed E-state index contributed by atoms with van der Waals surface area (Å²) in [4.78, 5) is 1.76. The van der Waals surface area contributed by atoms with Crippen molar-refractivity contribution in [2.75, 3.05) is 6.54 Å². The van der Waals surface area contributed by atoms with Crippen LogP contribution in [0.15, 0.2) is 22.6 Å². The standard InChI is InChI=1S/C7H11Cl2N3/c1-2-12-5(8)3-4(10)6(11)7(12)9/h3,5H,2,10-11H2,1H3. The van der Waals surface area contributed by atoms with Crippen molar-refractivity contribution in [1.29, 1.82) is 0 Å². The Morgan fingerprint density at radius 2 is 2.17 bits per heavy atom. The molecule has 0 amide bonds. The van der Waals surface area contributed by atoms with Gasteiger partial charge in [-0.05, 0) is 13.0 Å². The van der Waals surface area contributed by atoms with E-state index in [9.17, 15) is 0 Å². The van der Waals surface area contributed by atoms with E-state index in [1.807, 2.05) is 6.92 Å². The third-order valence-electron chi connectivity index (χ3n) is 1.74. The Morgan fingerprint density at radius 1 is 1.58 bits per heavy atom. The predicted octanol–water partition coefficient (Wildman–Crippen LogP) is 1.10. The summed E-state index contributed by atoms with van der Waals surface area (Å²) in [5.74, 6) is 0. The van der Waals surface area contributed by atoms with Crippen LogP contribution in [-0.2, 0) is 0 Å². The molecule has 3 nitrogen and oxygen atoms in total. The van der Waals surface area contributed by atoms with Crippen molar-refractivity contribution in [2.45, 2.75) is 12.4 Å². The first-order valence-corrected chi connectivity index (χ1v) is 4.43. The zero-order valence-corrected chi connectivity index (χ0v) is 8.23. The van der Waals surface area contributed by atoms with Gasteiger partial charge in [-0.3, -0.25) is 0 Å². The molecule has 1 aliphatic rings. The third-order valence-corrected chi connectivity index (χ3v) is 2.52. The number of nitrogens with zero attached hydrogens (tertiary/aromatic N) is 1. The van der Waals surface area contributed by atoms with E-state index >= 15 is 0 Å². The topological polar surface area (TPSA) is 55.3 Å². The molecule has 0 saturated heterocycles. The molecule has 68 valence electrons. The van der Waals surface area contributed by atoms with Gasteiger partial charge in [0.15, 0.2) is 0 Å². The minimum absolute atomic E-state index is 0.296. The minimum Gasteiger partial charge on any atom is -0.397 e. The Bertz CT molecular complexity index is 247. The largest absolute Gasteiger partial charge is 0.397 e. The number of alkyl halides is 1. The van der Waals surface area contributed by atoms with Crippen molar-refractivity contribution >= 4 is 23.2 Å². The first-order valence-electron chi connectivity index (χ1n) is 3.61. The Hall–Kier alpha value is -0.540. The van der Waals surface area contributed by atoms with E-state index in [-0.39, 0.29) is 5.50 Å². The van der Waals surface area contributed by atoms with Gasteiger partial charge in [0.2, 0.25) is 0 Å². The van der Waals surface area contributed by atoms with Gasteiger partial charge >= 0.3 is 0 Å². The lowest BCUT2D eigenvalue weighted by molar-refractivity contribution is 0.384. The number of likely N-dealkylation sites (N-methyl/N-ethyl adjacent to an activating group) is 1. The van der Waals surface area contributed by atoms with Gasteiger partial charge < -0.3 is 16.4 Å². The molecular formula is C7H11Cl2N3. The summed E-state index contributed by atoms with van der Waals surface area (Å²) >= 11 is 11.8. The Morgan fingerprint density at radius 3 is 2.67 bits per heavy atom. The van der Waals surface area contributed by atoms with Crippen LogP contribution in [0.25, 0.3) is 0 Å².